The number of ether oxygens (including phenoxy) is 1. The lowest BCUT2D eigenvalue weighted by atomic mass is 9.93. The van der Waals surface area contributed by atoms with Crippen LogP contribution in [0.3, 0.4) is 0 Å². The summed E-state index contributed by atoms with van der Waals surface area (Å²) in [5.74, 6) is 0.839. The Morgan fingerprint density at radius 3 is 2.71 bits per heavy atom. The van der Waals surface area contributed by atoms with Crippen LogP contribution < -0.4 is 14.5 Å². The number of piperazine rings is 1. The Morgan fingerprint density at radius 2 is 1.95 bits per heavy atom. The number of anilines is 2. The van der Waals surface area contributed by atoms with E-state index in [1.807, 2.05) is 0 Å². The monoisotopic (exact) mass is 567 g/mol. The summed E-state index contributed by atoms with van der Waals surface area (Å²) >= 11 is 0. The van der Waals surface area contributed by atoms with Gasteiger partial charge in [-0.15, -0.1) is 0 Å². The molecule has 2 saturated heterocycles. The molecule has 4 heterocycles. The van der Waals surface area contributed by atoms with Crippen molar-refractivity contribution in [1.82, 2.24) is 19.8 Å². The van der Waals surface area contributed by atoms with E-state index >= 15 is 0 Å². The number of nitriles is 1. The van der Waals surface area contributed by atoms with Crippen molar-refractivity contribution in [2.24, 2.45) is 0 Å². The van der Waals surface area contributed by atoms with E-state index in [2.05, 4.69) is 70.3 Å². The predicted octanol–water partition coefficient (Wildman–Crippen LogP) is 4.28. The van der Waals surface area contributed by atoms with E-state index in [4.69, 9.17) is 14.7 Å². The van der Waals surface area contributed by atoms with Crippen LogP contribution in [0.25, 0.3) is 10.8 Å². The Balaban J connectivity index is 1.26. The minimum atomic E-state index is -0.980. The van der Waals surface area contributed by atoms with Crippen LogP contribution >= 0.6 is 0 Å². The number of hydrogen-bond acceptors (Lipinski definition) is 8. The zero-order chi connectivity index (χ0) is 28.8. The fourth-order valence-electron chi connectivity index (χ4n) is 7.19. The fraction of sp³-hybridized carbons (Fsp3) is 0.500. The van der Waals surface area contributed by atoms with Crippen LogP contribution in [0.15, 0.2) is 42.5 Å². The molecule has 0 radical (unpaired) electrons. The van der Waals surface area contributed by atoms with Gasteiger partial charge in [0.15, 0.2) is 0 Å². The molecule has 1 N–H and O–H groups in total. The quantitative estimate of drug-likeness (QED) is 0.467. The van der Waals surface area contributed by atoms with Crippen molar-refractivity contribution in [3.63, 3.8) is 0 Å². The number of hydrogen-bond donors (Lipinski definition) is 1. The van der Waals surface area contributed by atoms with Crippen LogP contribution in [-0.4, -0.2) is 88.4 Å². The van der Waals surface area contributed by atoms with Crippen LogP contribution in [-0.2, 0) is 13.0 Å². The van der Waals surface area contributed by atoms with Gasteiger partial charge in [-0.25, -0.2) is 4.79 Å². The lowest BCUT2D eigenvalue weighted by Gasteiger charge is -2.43. The Morgan fingerprint density at radius 1 is 1.12 bits per heavy atom. The highest BCUT2D eigenvalue weighted by molar-refractivity contribution is 5.95. The van der Waals surface area contributed by atoms with Crippen molar-refractivity contribution in [1.29, 1.82) is 5.26 Å². The van der Waals surface area contributed by atoms with E-state index < -0.39 is 12.1 Å². The van der Waals surface area contributed by atoms with Crippen LogP contribution in [0.5, 0.6) is 6.01 Å². The molecule has 0 unspecified atom stereocenters. The Bertz CT molecular complexity index is 1550. The molecule has 1 amide bonds. The average molecular weight is 568 g/mol. The number of likely N-dealkylation sites (tertiary alicyclic amines) is 1. The predicted molar refractivity (Wildman–Crippen MR) is 160 cm³/mol. The molecule has 1 aromatic heterocycles. The summed E-state index contributed by atoms with van der Waals surface area (Å²) in [4.78, 5) is 30.4. The number of fused-ring (bicyclic) bond motifs is 2. The molecule has 0 bridgehead atoms. The number of aromatic nitrogens is 2. The van der Waals surface area contributed by atoms with Gasteiger partial charge in [0.25, 0.3) is 0 Å². The molecular formula is C32H37N7O3. The molecule has 10 nitrogen and oxygen atoms in total. The van der Waals surface area contributed by atoms with Crippen molar-refractivity contribution in [2.75, 3.05) is 49.6 Å². The number of carboxylic acid groups (broad SMARTS) is 1. The highest BCUT2D eigenvalue weighted by Crippen LogP contribution is 2.52. The topological polar surface area (TPSA) is 109 Å². The van der Waals surface area contributed by atoms with Gasteiger partial charge in [-0.05, 0) is 50.7 Å². The molecule has 1 spiro atoms. The molecule has 3 fully saturated rings. The van der Waals surface area contributed by atoms with Crippen molar-refractivity contribution in [3.05, 3.63) is 53.7 Å². The minimum Gasteiger partial charge on any atom is -0.465 e. The summed E-state index contributed by atoms with van der Waals surface area (Å²) in [5, 5.41) is 21.7. The standard InChI is InChI=1S/C32H37N7O3/c1-36-15-5-8-24(36)21-42-30-34-27-20-39(28-10-4-7-22-6-2-3-9-25(22)28)32(12-13-32)18-26(27)29(35-30)37-16-17-38(31(40)41)23(19-37)11-14-33/h2-4,6-7,9-10,23-24H,5,8,11-13,15-21H2,1H3,(H,40,41)/t23-,24-/m0/s1. The van der Waals surface area contributed by atoms with Gasteiger partial charge < -0.3 is 29.4 Å². The number of likely N-dealkylation sites (N-methyl/N-ethyl adjacent to an activating group) is 1. The molecule has 42 heavy (non-hydrogen) atoms. The number of nitrogens with zero attached hydrogens (tertiary/aromatic N) is 7. The third-order valence-corrected chi connectivity index (χ3v) is 9.75. The molecule has 2 aromatic carbocycles. The molecule has 218 valence electrons. The Kier molecular flexibility index (Phi) is 6.77. The molecule has 3 aliphatic heterocycles. The van der Waals surface area contributed by atoms with E-state index in [1.54, 1.807) is 0 Å². The minimum absolute atomic E-state index is 0.0130. The van der Waals surface area contributed by atoms with Crippen LogP contribution in [0, 0.1) is 11.3 Å². The number of rotatable bonds is 6. The van der Waals surface area contributed by atoms with Crippen LogP contribution in [0.1, 0.15) is 43.4 Å². The van der Waals surface area contributed by atoms with E-state index in [0.717, 1.165) is 55.7 Å². The largest absolute Gasteiger partial charge is 0.465 e. The first-order valence-electron chi connectivity index (χ1n) is 15.1. The molecule has 4 aliphatic rings. The number of carbonyl (C=O) groups is 1. The normalized spacial score (nSPS) is 23.2. The molecular weight excluding hydrogens is 530 g/mol. The van der Waals surface area contributed by atoms with Crippen molar-refractivity contribution in [2.45, 2.75) is 62.7 Å². The molecule has 3 aromatic rings. The molecule has 1 aliphatic carbocycles. The first-order chi connectivity index (χ1) is 20.5. The van der Waals surface area contributed by atoms with E-state index in [1.165, 1.54) is 21.4 Å². The van der Waals surface area contributed by atoms with Crippen LogP contribution in [0.4, 0.5) is 16.3 Å². The zero-order valence-electron chi connectivity index (χ0n) is 24.1. The number of benzene rings is 2. The fourth-order valence-corrected chi connectivity index (χ4v) is 7.19. The smallest absolute Gasteiger partial charge is 0.407 e. The maximum atomic E-state index is 11.9. The first kappa shape index (κ1) is 26.8. The summed E-state index contributed by atoms with van der Waals surface area (Å²) in [5.41, 5.74) is 3.35. The van der Waals surface area contributed by atoms with Crippen molar-refractivity contribution < 1.29 is 14.6 Å². The summed E-state index contributed by atoms with van der Waals surface area (Å²) < 4.78 is 6.30. The van der Waals surface area contributed by atoms with Gasteiger partial charge >= 0.3 is 12.1 Å². The highest BCUT2D eigenvalue weighted by atomic mass is 16.5. The van der Waals surface area contributed by atoms with Gasteiger partial charge in [-0.1, -0.05) is 36.4 Å². The van der Waals surface area contributed by atoms with Crippen LogP contribution in [0.2, 0.25) is 0 Å². The van der Waals surface area contributed by atoms with E-state index in [-0.39, 0.29) is 12.0 Å². The second-order valence-electron chi connectivity index (χ2n) is 12.3. The van der Waals surface area contributed by atoms with Gasteiger partial charge in [0.05, 0.1) is 30.8 Å². The van der Waals surface area contributed by atoms with E-state index in [9.17, 15) is 15.2 Å². The lowest BCUT2D eigenvalue weighted by Crippen LogP contribution is -2.55. The van der Waals surface area contributed by atoms with Gasteiger partial charge in [0.1, 0.15) is 12.4 Å². The van der Waals surface area contributed by atoms with Gasteiger partial charge in [0.2, 0.25) is 0 Å². The van der Waals surface area contributed by atoms with Gasteiger partial charge in [-0.2, -0.15) is 15.2 Å². The third-order valence-electron chi connectivity index (χ3n) is 9.75. The molecule has 2 atom stereocenters. The van der Waals surface area contributed by atoms with Gasteiger partial charge in [-0.3, -0.25) is 0 Å². The summed E-state index contributed by atoms with van der Waals surface area (Å²) in [6.45, 7) is 3.54. The molecule has 1 saturated carbocycles. The third kappa shape index (κ3) is 4.75. The second-order valence-corrected chi connectivity index (χ2v) is 12.3. The molecule has 10 heteroatoms. The second kappa shape index (κ2) is 10.6. The average Bonchev–Trinajstić information content (AvgIpc) is 3.64. The van der Waals surface area contributed by atoms with Crippen molar-refractivity contribution >= 4 is 28.4 Å². The SMILES string of the molecule is CN1CCC[C@H]1COc1nc2c(c(N3CCN(C(=O)O)[C@@H](CC#N)C3)n1)CC1(CC1)N(c1cccc3ccccc13)C2. The van der Waals surface area contributed by atoms with Gasteiger partial charge in [0, 0.05) is 54.3 Å². The maximum Gasteiger partial charge on any atom is 0.407 e. The van der Waals surface area contributed by atoms with Crippen molar-refractivity contribution in [3.8, 4) is 12.1 Å². The zero-order valence-corrected chi connectivity index (χ0v) is 24.1. The highest BCUT2D eigenvalue weighted by Gasteiger charge is 2.52. The number of amides is 1. The Hall–Kier alpha value is -4.10. The van der Waals surface area contributed by atoms with E-state index in [0.29, 0.717) is 44.8 Å². The summed E-state index contributed by atoms with van der Waals surface area (Å²) in [6.07, 6.45) is 4.46. The molecule has 7 rings (SSSR count). The summed E-state index contributed by atoms with van der Waals surface area (Å²) in [6, 6.07) is 17.6. The first-order valence-corrected chi connectivity index (χ1v) is 15.1. The maximum absolute atomic E-state index is 11.9. The lowest BCUT2D eigenvalue weighted by molar-refractivity contribution is 0.119. The Labute approximate surface area is 246 Å². The summed E-state index contributed by atoms with van der Waals surface area (Å²) in [7, 11) is 2.13.